The van der Waals surface area contributed by atoms with Gasteiger partial charge in [0.1, 0.15) is 0 Å². The molecule has 0 aliphatic rings. The van der Waals surface area contributed by atoms with Crippen molar-refractivity contribution >= 4 is 15.0 Å². The first-order valence-electron chi connectivity index (χ1n) is 3.19. The summed E-state index contributed by atoms with van der Waals surface area (Å²) in [5.41, 5.74) is 0. The van der Waals surface area contributed by atoms with E-state index in [4.69, 9.17) is 0 Å². The van der Waals surface area contributed by atoms with Gasteiger partial charge in [-0.25, -0.2) is 10.1 Å². The van der Waals surface area contributed by atoms with Crippen LogP contribution in [0.25, 0.3) is 0 Å². The van der Waals surface area contributed by atoms with Crippen molar-refractivity contribution in [3.8, 4) is 0 Å². The third kappa shape index (κ3) is 7.43. The van der Waals surface area contributed by atoms with E-state index >= 15 is 0 Å². The molecule has 52 valence electrons. The van der Waals surface area contributed by atoms with Crippen LogP contribution in [0.2, 0.25) is 0 Å². The normalized spacial score (nSPS) is 10.3. The van der Waals surface area contributed by atoms with Crippen molar-refractivity contribution in [2.75, 3.05) is 0 Å². The molecule has 0 heterocycles. The lowest BCUT2D eigenvalue weighted by Gasteiger charge is -1.92. The minimum atomic E-state index is 0.252. The fourth-order valence-electron chi connectivity index (χ4n) is 0.311. The zero-order chi connectivity index (χ0) is 7.82. The molecule has 1 N–H and O–H groups in total. The Bertz CT molecular complexity index is 113. The van der Waals surface area contributed by atoms with Gasteiger partial charge in [0.05, 0.1) is 6.04 Å². The van der Waals surface area contributed by atoms with E-state index < -0.39 is 0 Å². The van der Waals surface area contributed by atoms with E-state index in [0.717, 1.165) is 0 Å². The van der Waals surface area contributed by atoms with Crippen molar-refractivity contribution in [2.45, 2.75) is 19.9 Å². The zero-order valence-corrected chi connectivity index (χ0v) is 6.41. The first kappa shape index (κ1) is 9.43. The largest absolute Gasteiger partial charge is 0.389 e. The molecule has 0 unspecified atom stereocenters. The number of nitrogens with zero attached hydrogens (tertiary/aromatic N) is 2. The van der Waals surface area contributed by atoms with Crippen LogP contribution in [0.4, 0.5) is 0 Å². The van der Waals surface area contributed by atoms with Gasteiger partial charge in [-0.05, 0) is 13.8 Å². The Morgan fingerprint density at radius 2 is 2.30 bits per heavy atom. The van der Waals surface area contributed by atoms with Crippen molar-refractivity contribution in [2.24, 2.45) is 10.1 Å². The number of hydrogen-bond acceptors (Lipinski definition) is 3. The predicted octanol–water partition coefficient (Wildman–Crippen LogP) is 0.733. The summed E-state index contributed by atoms with van der Waals surface area (Å²) in [7, 11) is 3.20. The highest BCUT2D eigenvalue weighted by atomic mass is 15.1. The van der Waals surface area contributed by atoms with Crippen molar-refractivity contribution in [3.63, 3.8) is 0 Å². The second-order valence-electron chi connectivity index (χ2n) is 2.02. The molecule has 10 heavy (non-hydrogen) atoms. The SMILES string of the molecule is C=C[B]N[B]N=NC(C)C. The van der Waals surface area contributed by atoms with Crippen LogP contribution in [0.1, 0.15) is 13.8 Å². The van der Waals surface area contributed by atoms with Crippen molar-refractivity contribution in [1.29, 1.82) is 0 Å². The molecule has 0 bridgehead atoms. The molecule has 0 spiro atoms. The quantitative estimate of drug-likeness (QED) is 0.336. The molecule has 0 atom stereocenters. The third-order valence-electron chi connectivity index (χ3n) is 0.644. The maximum Gasteiger partial charge on any atom is 0.389 e. The summed E-state index contributed by atoms with van der Waals surface area (Å²) in [5.74, 6) is 1.64. The number of nitrogens with one attached hydrogen (secondary N) is 1. The highest BCUT2D eigenvalue weighted by molar-refractivity contribution is 6.52. The van der Waals surface area contributed by atoms with E-state index in [2.05, 4.69) is 21.9 Å². The van der Waals surface area contributed by atoms with Crippen LogP contribution in [-0.4, -0.2) is 21.0 Å². The van der Waals surface area contributed by atoms with Crippen LogP contribution in [0.3, 0.4) is 0 Å². The van der Waals surface area contributed by atoms with Gasteiger partial charge in [-0.2, -0.15) is 0 Å². The average molecular weight is 135 g/mol. The maximum atomic E-state index is 3.85. The Kier molecular flexibility index (Phi) is 6.18. The van der Waals surface area contributed by atoms with Crippen LogP contribution in [0.15, 0.2) is 22.7 Å². The third-order valence-corrected chi connectivity index (χ3v) is 0.644. The Labute approximate surface area is 63.5 Å². The summed E-state index contributed by atoms with van der Waals surface area (Å²) in [6, 6.07) is 0.252. The van der Waals surface area contributed by atoms with Crippen molar-refractivity contribution < 1.29 is 0 Å². The molecule has 0 aromatic heterocycles. The minimum Gasteiger partial charge on any atom is -0.380 e. The molecule has 0 amide bonds. The lowest BCUT2D eigenvalue weighted by Crippen LogP contribution is -2.20. The van der Waals surface area contributed by atoms with E-state index in [-0.39, 0.29) is 6.04 Å². The minimum absolute atomic E-state index is 0.252. The van der Waals surface area contributed by atoms with Gasteiger partial charge in [-0.3, -0.25) is 0 Å². The summed E-state index contributed by atoms with van der Waals surface area (Å²) < 4.78 is 0. The molecule has 0 aromatic carbocycles. The summed E-state index contributed by atoms with van der Waals surface area (Å²) in [6.07, 6.45) is 0. The Morgan fingerprint density at radius 1 is 1.60 bits per heavy atom. The molecular weight excluding hydrogens is 124 g/mol. The Hall–Kier alpha value is -0.570. The lowest BCUT2D eigenvalue weighted by molar-refractivity contribution is 0.788. The van der Waals surface area contributed by atoms with E-state index in [1.165, 1.54) is 7.55 Å². The molecule has 3 nitrogen and oxygen atoms in total. The maximum absolute atomic E-state index is 3.85. The Morgan fingerprint density at radius 3 is 2.80 bits per heavy atom. The van der Waals surface area contributed by atoms with Gasteiger partial charge >= 0.3 is 7.55 Å². The van der Waals surface area contributed by atoms with E-state index in [0.29, 0.717) is 0 Å². The molecule has 0 saturated carbocycles. The molecule has 0 rings (SSSR count). The monoisotopic (exact) mass is 135 g/mol. The van der Waals surface area contributed by atoms with Gasteiger partial charge in [0.15, 0.2) is 0 Å². The second-order valence-corrected chi connectivity index (χ2v) is 2.02. The first-order valence-corrected chi connectivity index (χ1v) is 3.19. The molecule has 0 aromatic rings. The van der Waals surface area contributed by atoms with E-state index in [1.54, 1.807) is 13.4 Å². The van der Waals surface area contributed by atoms with Crippen LogP contribution in [-0.2, 0) is 0 Å². The fraction of sp³-hybridized carbons (Fsp3) is 0.600. The average Bonchev–Trinajstić information content (AvgIpc) is 1.87. The standard InChI is InChI=1S/C5H11B2N3/c1-4-6-9-7-10-8-5(2)3/h4-5,9H,1H2,2-3H3. The highest BCUT2D eigenvalue weighted by Gasteiger charge is 1.87. The smallest absolute Gasteiger partial charge is 0.380 e. The van der Waals surface area contributed by atoms with Crippen molar-refractivity contribution in [3.05, 3.63) is 12.6 Å². The summed E-state index contributed by atoms with van der Waals surface area (Å²) in [5, 5.41) is 10.3. The van der Waals surface area contributed by atoms with Gasteiger partial charge in [-0.1, -0.05) is 0 Å². The second kappa shape index (κ2) is 6.55. The Balaban J connectivity index is 3.10. The van der Waals surface area contributed by atoms with Crippen LogP contribution < -0.4 is 5.14 Å². The molecule has 2 radical (unpaired) electrons. The highest BCUT2D eigenvalue weighted by Crippen LogP contribution is 1.84. The molecule has 0 aliphatic carbocycles. The summed E-state index contributed by atoms with van der Waals surface area (Å²) in [6.45, 7) is 7.42. The van der Waals surface area contributed by atoms with Crippen molar-refractivity contribution in [1.82, 2.24) is 5.14 Å². The van der Waals surface area contributed by atoms with Gasteiger partial charge < -0.3 is 5.14 Å². The molecular formula is C5H11B2N3. The van der Waals surface area contributed by atoms with Crippen LogP contribution in [0.5, 0.6) is 0 Å². The van der Waals surface area contributed by atoms with Crippen LogP contribution in [0, 0.1) is 0 Å². The summed E-state index contributed by atoms with van der Waals surface area (Å²) in [4.78, 5) is 0. The topological polar surface area (TPSA) is 36.8 Å². The van der Waals surface area contributed by atoms with E-state index in [9.17, 15) is 0 Å². The first-order chi connectivity index (χ1) is 4.77. The van der Waals surface area contributed by atoms with Crippen LogP contribution >= 0.6 is 0 Å². The molecule has 5 heteroatoms. The van der Waals surface area contributed by atoms with Gasteiger partial charge in [0, 0.05) is 0 Å². The number of hydrogen-bond donors (Lipinski definition) is 1. The zero-order valence-electron chi connectivity index (χ0n) is 6.41. The van der Waals surface area contributed by atoms with Gasteiger partial charge in [-0.15, -0.1) is 12.6 Å². The number of rotatable bonds is 5. The predicted molar refractivity (Wildman–Crippen MR) is 44.8 cm³/mol. The molecule has 0 fully saturated rings. The lowest BCUT2D eigenvalue weighted by atomic mass is 9.90. The molecule has 0 saturated heterocycles. The summed E-state index contributed by atoms with van der Waals surface area (Å²) >= 11 is 0. The van der Waals surface area contributed by atoms with Gasteiger partial charge in [0.2, 0.25) is 7.41 Å². The molecule has 0 aliphatic heterocycles. The van der Waals surface area contributed by atoms with E-state index in [1.807, 2.05) is 13.8 Å². The van der Waals surface area contributed by atoms with Gasteiger partial charge in [0.25, 0.3) is 0 Å². The fourth-order valence-corrected chi connectivity index (χ4v) is 0.311.